The Labute approximate surface area is 180 Å². The van der Waals surface area contributed by atoms with E-state index >= 15 is 0 Å². The second kappa shape index (κ2) is 10.8. The number of rotatable bonds is 9. The molecular weight excluding hydrogens is 397 g/mol. The zero-order valence-electron chi connectivity index (χ0n) is 17.2. The molecule has 7 heteroatoms. The van der Waals surface area contributed by atoms with Crippen LogP contribution in [0.5, 0.6) is 5.75 Å². The maximum absolute atomic E-state index is 13.2. The third-order valence-electron chi connectivity index (χ3n) is 4.58. The molecule has 0 fully saturated rings. The van der Waals surface area contributed by atoms with E-state index in [1.54, 1.807) is 37.4 Å². The Morgan fingerprint density at radius 1 is 0.968 bits per heavy atom. The van der Waals surface area contributed by atoms with Gasteiger partial charge in [-0.1, -0.05) is 30.3 Å². The van der Waals surface area contributed by atoms with Gasteiger partial charge in [0.2, 0.25) is 5.91 Å². The molecule has 0 saturated carbocycles. The van der Waals surface area contributed by atoms with E-state index in [1.165, 1.54) is 18.2 Å². The minimum Gasteiger partial charge on any atom is -0.497 e. The van der Waals surface area contributed by atoms with E-state index in [0.717, 1.165) is 11.3 Å². The second-order valence-electron chi connectivity index (χ2n) is 6.81. The number of carbonyl (C=O) groups is 2. The fourth-order valence-corrected chi connectivity index (χ4v) is 2.99. The predicted octanol–water partition coefficient (Wildman–Crippen LogP) is 3.86. The lowest BCUT2D eigenvalue weighted by molar-refractivity contribution is -0.114. The highest BCUT2D eigenvalue weighted by Crippen LogP contribution is 2.16. The summed E-state index contributed by atoms with van der Waals surface area (Å²) >= 11 is 0. The van der Waals surface area contributed by atoms with Crippen molar-refractivity contribution in [3.05, 3.63) is 89.7 Å². The average Bonchev–Trinajstić information content (AvgIpc) is 2.78. The van der Waals surface area contributed by atoms with Gasteiger partial charge in [0.1, 0.15) is 11.6 Å². The molecule has 3 aromatic carbocycles. The number of benzene rings is 3. The van der Waals surface area contributed by atoms with E-state index in [9.17, 15) is 14.0 Å². The van der Waals surface area contributed by atoms with Gasteiger partial charge >= 0.3 is 0 Å². The molecule has 0 unspecified atom stereocenters. The summed E-state index contributed by atoms with van der Waals surface area (Å²) in [6, 6.07) is 20.3. The largest absolute Gasteiger partial charge is 0.497 e. The molecule has 0 atom stereocenters. The number of ether oxygens (including phenoxy) is 1. The molecule has 0 aliphatic carbocycles. The normalized spacial score (nSPS) is 10.3. The number of hydrogen-bond acceptors (Lipinski definition) is 4. The van der Waals surface area contributed by atoms with Gasteiger partial charge in [-0.05, 0) is 54.4 Å². The van der Waals surface area contributed by atoms with Gasteiger partial charge in [0.25, 0.3) is 5.91 Å². The fourth-order valence-electron chi connectivity index (χ4n) is 2.99. The van der Waals surface area contributed by atoms with Crippen LogP contribution in [0.4, 0.5) is 15.8 Å². The van der Waals surface area contributed by atoms with Crippen LogP contribution in [0.15, 0.2) is 72.8 Å². The lowest BCUT2D eigenvalue weighted by atomic mass is 10.1. The van der Waals surface area contributed by atoms with Crippen LogP contribution in [0.1, 0.15) is 15.9 Å². The van der Waals surface area contributed by atoms with Crippen LogP contribution in [0, 0.1) is 5.82 Å². The van der Waals surface area contributed by atoms with Crippen LogP contribution in [-0.4, -0.2) is 32.0 Å². The van der Waals surface area contributed by atoms with Gasteiger partial charge in [-0.3, -0.25) is 9.59 Å². The summed E-state index contributed by atoms with van der Waals surface area (Å²) in [6.07, 6.45) is 0.682. The van der Waals surface area contributed by atoms with Crippen molar-refractivity contribution in [1.29, 1.82) is 0 Å². The molecule has 0 aromatic heterocycles. The molecule has 0 spiro atoms. The van der Waals surface area contributed by atoms with E-state index in [1.807, 2.05) is 24.3 Å². The van der Waals surface area contributed by atoms with Gasteiger partial charge in [-0.2, -0.15) is 0 Å². The lowest BCUT2D eigenvalue weighted by Gasteiger charge is -2.12. The van der Waals surface area contributed by atoms with Crippen molar-refractivity contribution >= 4 is 23.2 Å². The van der Waals surface area contributed by atoms with Gasteiger partial charge in [-0.25, -0.2) is 4.39 Å². The van der Waals surface area contributed by atoms with Crippen molar-refractivity contribution in [3.63, 3.8) is 0 Å². The highest BCUT2D eigenvalue weighted by molar-refractivity contribution is 6.00. The third-order valence-corrected chi connectivity index (χ3v) is 4.58. The molecule has 0 aliphatic rings. The van der Waals surface area contributed by atoms with E-state index < -0.39 is 5.82 Å². The number of halogens is 1. The van der Waals surface area contributed by atoms with Crippen LogP contribution in [-0.2, 0) is 11.2 Å². The molecule has 160 valence electrons. The summed E-state index contributed by atoms with van der Waals surface area (Å²) in [7, 11) is 1.62. The second-order valence-corrected chi connectivity index (χ2v) is 6.81. The number of nitrogens with one attached hydrogen (secondary N) is 3. The quantitative estimate of drug-likeness (QED) is 0.490. The maximum Gasteiger partial charge on any atom is 0.253 e. The summed E-state index contributed by atoms with van der Waals surface area (Å²) in [4.78, 5) is 24.8. The van der Waals surface area contributed by atoms with Gasteiger partial charge in [-0.15, -0.1) is 0 Å². The molecule has 0 saturated heterocycles. The number of methoxy groups -OCH3 is 1. The Morgan fingerprint density at radius 2 is 1.74 bits per heavy atom. The van der Waals surface area contributed by atoms with Gasteiger partial charge in [0.05, 0.1) is 19.2 Å². The minimum absolute atomic E-state index is 0.0628. The molecule has 0 radical (unpaired) electrons. The molecule has 3 N–H and O–H groups in total. The van der Waals surface area contributed by atoms with Crippen molar-refractivity contribution in [2.45, 2.75) is 6.42 Å². The van der Waals surface area contributed by atoms with Gasteiger partial charge in [0, 0.05) is 17.9 Å². The van der Waals surface area contributed by atoms with E-state index in [4.69, 9.17) is 4.74 Å². The summed E-state index contributed by atoms with van der Waals surface area (Å²) in [5, 5.41) is 8.48. The Morgan fingerprint density at radius 3 is 2.48 bits per heavy atom. The van der Waals surface area contributed by atoms with Crippen LogP contribution in [0.3, 0.4) is 0 Å². The highest BCUT2D eigenvalue weighted by atomic mass is 19.1. The molecule has 0 aliphatic heterocycles. The SMILES string of the molecule is COc1ccc(CCNC(=O)c2ccccc2NCC(=O)Nc2cccc(F)c2)cc1. The first-order valence-corrected chi connectivity index (χ1v) is 9.84. The van der Waals surface area contributed by atoms with Gasteiger partial charge in [0.15, 0.2) is 0 Å². The topological polar surface area (TPSA) is 79.5 Å². The first kappa shape index (κ1) is 21.8. The van der Waals surface area contributed by atoms with Crippen LogP contribution < -0.4 is 20.7 Å². The monoisotopic (exact) mass is 421 g/mol. The summed E-state index contributed by atoms with van der Waals surface area (Å²) in [6.45, 7) is 0.409. The van der Waals surface area contributed by atoms with E-state index in [-0.39, 0.29) is 18.4 Å². The zero-order valence-corrected chi connectivity index (χ0v) is 17.2. The van der Waals surface area contributed by atoms with Gasteiger partial charge < -0.3 is 20.7 Å². The molecule has 3 rings (SSSR count). The Hall–Kier alpha value is -3.87. The van der Waals surface area contributed by atoms with Crippen LogP contribution >= 0.6 is 0 Å². The van der Waals surface area contributed by atoms with Crippen LogP contribution in [0.25, 0.3) is 0 Å². The van der Waals surface area contributed by atoms with Crippen molar-refractivity contribution < 1.29 is 18.7 Å². The first-order chi connectivity index (χ1) is 15.0. The number of para-hydroxylation sites is 1. The average molecular weight is 421 g/mol. The Balaban J connectivity index is 1.52. The predicted molar refractivity (Wildman–Crippen MR) is 119 cm³/mol. The number of carbonyl (C=O) groups excluding carboxylic acids is 2. The van der Waals surface area contributed by atoms with Crippen molar-refractivity contribution in [1.82, 2.24) is 5.32 Å². The molecule has 0 bridgehead atoms. The lowest BCUT2D eigenvalue weighted by Crippen LogP contribution is -2.28. The number of hydrogen-bond donors (Lipinski definition) is 3. The summed E-state index contributed by atoms with van der Waals surface area (Å²) < 4.78 is 18.4. The standard InChI is InChI=1S/C24H24FN3O3/c1-31-20-11-9-17(10-12-20)13-14-26-24(30)21-7-2-3-8-22(21)27-16-23(29)28-19-6-4-5-18(25)15-19/h2-12,15,27H,13-14,16H2,1H3,(H,26,30)(H,28,29). The van der Waals surface area contributed by atoms with Crippen LogP contribution in [0.2, 0.25) is 0 Å². The Kier molecular flexibility index (Phi) is 7.59. The Bertz CT molecular complexity index is 1040. The first-order valence-electron chi connectivity index (χ1n) is 9.84. The smallest absolute Gasteiger partial charge is 0.253 e. The number of amides is 2. The fraction of sp³-hybridized carbons (Fsp3) is 0.167. The third kappa shape index (κ3) is 6.57. The van der Waals surface area contributed by atoms with Crippen molar-refractivity contribution in [3.8, 4) is 5.75 Å². The summed E-state index contributed by atoms with van der Waals surface area (Å²) in [5.41, 5.74) is 2.44. The van der Waals surface area contributed by atoms with E-state index in [0.29, 0.717) is 29.9 Å². The molecule has 31 heavy (non-hydrogen) atoms. The zero-order chi connectivity index (χ0) is 22.1. The molecule has 0 heterocycles. The van der Waals surface area contributed by atoms with Crippen molar-refractivity contribution in [2.75, 3.05) is 30.8 Å². The van der Waals surface area contributed by atoms with Crippen molar-refractivity contribution in [2.24, 2.45) is 0 Å². The summed E-state index contributed by atoms with van der Waals surface area (Å²) in [5.74, 6) is -0.223. The minimum atomic E-state index is -0.428. The molecular formula is C24H24FN3O3. The highest BCUT2D eigenvalue weighted by Gasteiger charge is 2.12. The molecule has 3 aromatic rings. The van der Waals surface area contributed by atoms with E-state index in [2.05, 4.69) is 16.0 Å². The maximum atomic E-state index is 13.2. The molecule has 6 nitrogen and oxygen atoms in total. The number of anilines is 2. The molecule has 2 amide bonds.